The number of carboxylic acid groups (broad SMARTS) is 1. The Kier molecular flexibility index (Phi) is 6.74. The summed E-state index contributed by atoms with van der Waals surface area (Å²) in [6.45, 7) is -0.00602. The maximum atomic E-state index is 13.9. The molecular weight excluding hydrogens is 507 g/mol. The average molecular weight is 525 g/mol. The Morgan fingerprint density at radius 2 is 1.88 bits per heavy atom. The number of carboxylic acids is 1. The molecule has 1 aliphatic rings. The standard InChI is InChI=1S/C25H18BrFN2O5/c26-19-11-15(8-9-22(19)34-14-16-4-3-6-17(10-16)24(31)32)12-21-23(30)29(25(33)28-21)13-18-5-1-2-7-20(18)27/h1-12H,13-14H2,(H,28,33)(H,31,32)/b21-12+. The second kappa shape index (κ2) is 9.88. The van der Waals surface area contributed by atoms with Crippen molar-refractivity contribution in [3.63, 3.8) is 0 Å². The number of urea groups is 1. The molecule has 3 amide bonds. The van der Waals surface area contributed by atoms with Gasteiger partial charge in [0.2, 0.25) is 0 Å². The van der Waals surface area contributed by atoms with Gasteiger partial charge in [-0.25, -0.2) is 14.0 Å². The minimum absolute atomic E-state index is 0.0763. The zero-order valence-corrected chi connectivity index (χ0v) is 19.2. The van der Waals surface area contributed by atoms with Crippen LogP contribution in [0.1, 0.15) is 27.0 Å². The lowest BCUT2D eigenvalue weighted by Gasteiger charge is -2.12. The first-order valence-electron chi connectivity index (χ1n) is 10.1. The van der Waals surface area contributed by atoms with E-state index in [0.29, 0.717) is 21.3 Å². The lowest BCUT2D eigenvalue weighted by molar-refractivity contribution is -0.123. The molecule has 4 rings (SSSR count). The summed E-state index contributed by atoms with van der Waals surface area (Å²) in [4.78, 5) is 37.0. The highest BCUT2D eigenvalue weighted by molar-refractivity contribution is 9.10. The summed E-state index contributed by atoms with van der Waals surface area (Å²) < 4.78 is 20.3. The Bertz CT molecular complexity index is 1320. The van der Waals surface area contributed by atoms with E-state index in [0.717, 1.165) is 4.90 Å². The van der Waals surface area contributed by atoms with Gasteiger partial charge in [-0.05, 0) is 63.5 Å². The van der Waals surface area contributed by atoms with Gasteiger partial charge in [0, 0.05) is 5.56 Å². The van der Waals surface area contributed by atoms with E-state index in [4.69, 9.17) is 9.84 Å². The number of benzene rings is 3. The van der Waals surface area contributed by atoms with Crippen LogP contribution in [0, 0.1) is 5.82 Å². The van der Waals surface area contributed by atoms with Gasteiger partial charge >= 0.3 is 12.0 Å². The molecule has 1 heterocycles. The fourth-order valence-corrected chi connectivity index (χ4v) is 3.87. The minimum Gasteiger partial charge on any atom is -0.488 e. The zero-order valence-electron chi connectivity index (χ0n) is 17.6. The molecule has 3 aromatic carbocycles. The largest absolute Gasteiger partial charge is 0.488 e. The highest BCUT2D eigenvalue weighted by Gasteiger charge is 2.34. The summed E-state index contributed by atoms with van der Waals surface area (Å²) in [6, 6.07) is 16.9. The molecule has 1 aliphatic heterocycles. The number of amides is 3. The normalized spacial score (nSPS) is 14.4. The highest BCUT2D eigenvalue weighted by Crippen LogP contribution is 2.28. The molecule has 34 heavy (non-hydrogen) atoms. The van der Waals surface area contributed by atoms with Crippen molar-refractivity contribution >= 4 is 39.9 Å². The number of carbonyl (C=O) groups excluding carboxylic acids is 2. The molecule has 0 saturated carbocycles. The lowest BCUT2D eigenvalue weighted by atomic mass is 10.1. The van der Waals surface area contributed by atoms with Crippen molar-refractivity contribution in [2.24, 2.45) is 0 Å². The van der Waals surface area contributed by atoms with Crippen LogP contribution >= 0.6 is 15.9 Å². The number of hydrogen-bond donors (Lipinski definition) is 2. The number of rotatable bonds is 7. The predicted octanol–water partition coefficient (Wildman–Crippen LogP) is 4.96. The van der Waals surface area contributed by atoms with Gasteiger partial charge in [0.1, 0.15) is 23.9 Å². The summed E-state index contributed by atoms with van der Waals surface area (Å²) in [6.07, 6.45) is 1.52. The molecular formula is C25H18BrFN2O5. The van der Waals surface area contributed by atoms with E-state index in [-0.39, 0.29) is 30.0 Å². The van der Waals surface area contributed by atoms with Crippen LogP contribution in [0.15, 0.2) is 76.9 Å². The van der Waals surface area contributed by atoms with Crippen LogP contribution in [-0.4, -0.2) is 27.9 Å². The van der Waals surface area contributed by atoms with Crippen molar-refractivity contribution in [1.82, 2.24) is 10.2 Å². The van der Waals surface area contributed by atoms with Crippen LogP contribution in [0.25, 0.3) is 6.08 Å². The first-order chi connectivity index (χ1) is 16.3. The van der Waals surface area contributed by atoms with Crippen LogP contribution in [0.5, 0.6) is 5.75 Å². The SMILES string of the molecule is O=C(O)c1cccc(COc2ccc(/C=C3/NC(=O)N(Cc4ccccc4F)C3=O)cc2Br)c1. The van der Waals surface area contributed by atoms with Crippen molar-refractivity contribution in [2.75, 3.05) is 0 Å². The number of halogens is 2. The van der Waals surface area contributed by atoms with Gasteiger partial charge in [0.25, 0.3) is 5.91 Å². The molecule has 0 aromatic heterocycles. The number of ether oxygens (including phenoxy) is 1. The van der Waals surface area contributed by atoms with Gasteiger partial charge in [-0.2, -0.15) is 0 Å². The molecule has 7 nitrogen and oxygen atoms in total. The van der Waals surface area contributed by atoms with Crippen LogP contribution in [0.3, 0.4) is 0 Å². The van der Waals surface area contributed by atoms with Gasteiger partial charge in [-0.1, -0.05) is 36.4 Å². The van der Waals surface area contributed by atoms with Gasteiger partial charge in [-0.3, -0.25) is 9.69 Å². The number of imide groups is 1. The molecule has 2 N–H and O–H groups in total. The molecule has 0 aliphatic carbocycles. The molecule has 0 spiro atoms. The molecule has 9 heteroatoms. The number of nitrogens with one attached hydrogen (secondary N) is 1. The highest BCUT2D eigenvalue weighted by atomic mass is 79.9. The zero-order chi connectivity index (χ0) is 24.2. The topological polar surface area (TPSA) is 95.9 Å². The van der Waals surface area contributed by atoms with Crippen LogP contribution in [0.2, 0.25) is 0 Å². The van der Waals surface area contributed by atoms with Gasteiger partial charge in [0.05, 0.1) is 16.6 Å². The van der Waals surface area contributed by atoms with Crippen molar-refractivity contribution in [3.8, 4) is 5.75 Å². The van der Waals surface area contributed by atoms with E-state index < -0.39 is 23.7 Å². The Morgan fingerprint density at radius 3 is 2.62 bits per heavy atom. The van der Waals surface area contributed by atoms with Crippen molar-refractivity contribution in [3.05, 3.63) is 105 Å². The maximum absolute atomic E-state index is 13.9. The summed E-state index contributed by atoms with van der Waals surface area (Å²) in [5, 5.41) is 11.6. The third kappa shape index (κ3) is 5.15. The van der Waals surface area contributed by atoms with Crippen molar-refractivity contribution in [1.29, 1.82) is 0 Å². The van der Waals surface area contributed by atoms with E-state index in [1.807, 2.05) is 0 Å². The second-order valence-corrected chi connectivity index (χ2v) is 8.31. The van der Waals surface area contributed by atoms with Gasteiger partial charge < -0.3 is 15.2 Å². The van der Waals surface area contributed by atoms with Crippen molar-refractivity contribution in [2.45, 2.75) is 13.2 Å². The van der Waals surface area contributed by atoms with Crippen LogP contribution in [-0.2, 0) is 17.9 Å². The minimum atomic E-state index is -1.01. The van der Waals surface area contributed by atoms with E-state index in [1.54, 1.807) is 36.4 Å². The maximum Gasteiger partial charge on any atom is 0.335 e. The number of nitrogens with zero attached hydrogens (tertiary/aromatic N) is 1. The molecule has 0 radical (unpaired) electrons. The van der Waals surface area contributed by atoms with E-state index in [1.165, 1.54) is 36.4 Å². The smallest absolute Gasteiger partial charge is 0.335 e. The molecule has 3 aromatic rings. The quantitative estimate of drug-likeness (QED) is 0.336. The predicted molar refractivity (Wildman–Crippen MR) is 125 cm³/mol. The Balaban J connectivity index is 1.45. The van der Waals surface area contributed by atoms with Gasteiger partial charge in [0.15, 0.2) is 0 Å². The number of aromatic carboxylic acids is 1. The lowest BCUT2D eigenvalue weighted by Crippen LogP contribution is -2.30. The van der Waals surface area contributed by atoms with Crippen LogP contribution < -0.4 is 10.1 Å². The molecule has 172 valence electrons. The molecule has 1 fully saturated rings. The first kappa shape index (κ1) is 23.2. The number of carbonyl (C=O) groups is 3. The fourth-order valence-electron chi connectivity index (χ4n) is 3.36. The molecule has 0 unspecified atom stereocenters. The number of hydrogen-bond acceptors (Lipinski definition) is 4. The molecule has 0 atom stereocenters. The molecule has 1 saturated heterocycles. The van der Waals surface area contributed by atoms with Crippen LogP contribution in [0.4, 0.5) is 9.18 Å². The second-order valence-electron chi connectivity index (χ2n) is 7.45. The average Bonchev–Trinajstić information content (AvgIpc) is 3.07. The Hall–Kier alpha value is -3.98. The first-order valence-corrected chi connectivity index (χ1v) is 10.9. The van der Waals surface area contributed by atoms with Crippen molar-refractivity contribution < 1.29 is 28.6 Å². The summed E-state index contributed by atoms with van der Waals surface area (Å²) in [5.74, 6) is -1.54. The monoisotopic (exact) mass is 524 g/mol. The summed E-state index contributed by atoms with van der Waals surface area (Å²) >= 11 is 3.43. The fraction of sp³-hybridized carbons (Fsp3) is 0.0800. The third-order valence-corrected chi connectivity index (χ3v) is 5.70. The Labute approximate surface area is 202 Å². The van der Waals surface area contributed by atoms with E-state index >= 15 is 0 Å². The Morgan fingerprint density at radius 1 is 1.09 bits per heavy atom. The molecule has 0 bridgehead atoms. The third-order valence-electron chi connectivity index (χ3n) is 5.08. The van der Waals surface area contributed by atoms with E-state index in [2.05, 4.69) is 21.2 Å². The van der Waals surface area contributed by atoms with E-state index in [9.17, 15) is 18.8 Å². The summed E-state index contributed by atoms with van der Waals surface area (Å²) in [7, 11) is 0. The summed E-state index contributed by atoms with van der Waals surface area (Å²) in [5.41, 5.74) is 1.82. The van der Waals surface area contributed by atoms with Gasteiger partial charge in [-0.15, -0.1) is 0 Å².